The van der Waals surface area contributed by atoms with Crippen LogP contribution >= 0.6 is 0 Å². The topological polar surface area (TPSA) is 29.3 Å². The van der Waals surface area contributed by atoms with Crippen LogP contribution in [0, 0.1) is 11.3 Å². The van der Waals surface area contributed by atoms with Crippen LogP contribution in [0.5, 0.6) is 0 Å². The van der Waals surface area contributed by atoms with E-state index < -0.39 is 0 Å². The second-order valence-corrected chi connectivity index (χ2v) is 5.42. The highest BCUT2D eigenvalue weighted by molar-refractivity contribution is 4.81. The molecule has 13 heavy (non-hydrogen) atoms. The minimum absolute atomic E-state index is 0.340. The molecule has 80 valence electrons. The van der Waals surface area contributed by atoms with Gasteiger partial charge in [0.25, 0.3) is 0 Å². The van der Waals surface area contributed by atoms with E-state index in [0.717, 1.165) is 6.54 Å². The molecule has 2 unspecified atom stereocenters. The summed E-state index contributed by atoms with van der Waals surface area (Å²) in [5.74, 6) is 0.617. The van der Waals surface area contributed by atoms with Gasteiger partial charge in [-0.1, -0.05) is 27.7 Å². The summed E-state index contributed by atoms with van der Waals surface area (Å²) in [6, 6.07) is 0.617. The predicted octanol–water partition coefficient (Wildman–Crippen LogP) is 1.95. The van der Waals surface area contributed by atoms with Gasteiger partial charge >= 0.3 is 0 Å². The van der Waals surface area contributed by atoms with Gasteiger partial charge < -0.3 is 10.6 Å². The van der Waals surface area contributed by atoms with E-state index in [4.69, 9.17) is 5.73 Å². The predicted molar refractivity (Wildman–Crippen MR) is 59.8 cm³/mol. The molecule has 0 spiro atoms. The van der Waals surface area contributed by atoms with E-state index in [2.05, 4.69) is 46.7 Å². The first kappa shape index (κ1) is 12.9. The van der Waals surface area contributed by atoms with Crippen molar-refractivity contribution in [3.63, 3.8) is 0 Å². The van der Waals surface area contributed by atoms with Gasteiger partial charge in [0.05, 0.1) is 0 Å². The number of hydrogen-bond donors (Lipinski definition) is 1. The van der Waals surface area contributed by atoms with Crippen LogP contribution in [0.2, 0.25) is 0 Å². The van der Waals surface area contributed by atoms with Crippen LogP contribution in [0.25, 0.3) is 0 Å². The number of nitrogens with two attached hydrogens (primary N) is 1. The van der Waals surface area contributed by atoms with Gasteiger partial charge in [-0.05, 0) is 38.4 Å². The van der Waals surface area contributed by atoms with E-state index in [1.54, 1.807) is 0 Å². The van der Waals surface area contributed by atoms with Crippen LogP contribution in [0.15, 0.2) is 0 Å². The number of hydrogen-bond acceptors (Lipinski definition) is 2. The van der Waals surface area contributed by atoms with E-state index in [1.165, 1.54) is 6.42 Å². The van der Waals surface area contributed by atoms with Crippen molar-refractivity contribution in [3.8, 4) is 0 Å². The van der Waals surface area contributed by atoms with Crippen molar-refractivity contribution in [2.24, 2.45) is 17.1 Å². The van der Waals surface area contributed by atoms with Crippen LogP contribution < -0.4 is 5.73 Å². The van der Waals surface area contributed by atoms with E-state index in [-0.39, 0.29) is 0 Å². The monoisotopic (exact) mass is 186 g/mol. The molecule has 0 rings (SSSR count). The van der Waals surface area contributed by atoms with Gasteiger partial charge in [-0.2, -0.15) is 0 Å². The Hall–Kier alpha value is -0.0800. The summed E-state index contributed by atoms with van der Waals surface area (Å²) in [6.45, 7) is 9.89. The Labute approximate surface area is 83.5 Å². The smallest absolute Gasteiger partial charge is 0.0141 e. The Morgan fingerprint density at radius 3 is 1.92 bits per heavy atom. The maximum absolute atomic E-state index is 5.65. The van der Waals surface area contributed by atoms with Crippen molar-refractivity contribution in [2.75, 3.05) is 20.6 Å². The quantitative estimate of drug-likeness (QED) is 0.727. The third kappa shape index (κ3) is 4.63. The van der Waals surface area contributed by atoms with Crippen LogP contribution in [0.1, 0.15) is 34.1 Å². The van der Waals surface area contributed by atoms with Gasteiger partial charge in [0, 0.05) is 6.04 Å². The molecular formula is C11H26N2. The standard InChI is InChI=1S/C11H26N2/c1-9(8-12)7-10(13(5)6)11(2,3)4/h9-10H,7-8,12H2,1-6H3. The summed E-state index contributed by atoms with van der Waals surface area (Å²) < 4.78 is 0. The van der Waals surface area contributed by atoms with Crippen molar-refractivity contribution in [2.45, 2.75) is 40.2 Å². The van der Waals surface area contributed by atoms with Crippen LogP contribution in [-0.2, 0) is 0 Å². The third-order valence-corrected chi connectivity index (χ3v) is 2.65. The minimum atomic E-state index is 0.340. The maximum atomic E-state index is 5.65. The van der Waals surface area contributed by atoms with Crippen molar-refractivity contribution in [3.05, 3.63) is 0 Å². The van der Waals surface area contributed by atoms with Gasteiger partial charge in [0.2, 0.25) is 0 Å². The first-order chi connectivity index (χ1) is 5.79. The molecule has 0 radical (unpaired) electrons. The Morgan fingerprint density at radius 2 is 1.69 bits per heavy atom. The molecule has 0 aromatic rings. The Kier molecular flexibility index (Phi) is 4.93. The third-order valence-electron chi connectivity index (χ3n) is 2.65. The fourth-order valence-electron chi connectivity index (χ4n) is 1.82. The Bertz CT molecular complexity index is 136. The van der Waals surface area contributed by atoms with E-state index >= 15 is 0 Å². The molecule has 0 heterocycles. The van der Waals surface area contributed by atoms with E-state index in [9.17, 15) is 0 Å². The Morgan fingerprint density at radius 1 is 1.23 bits per heavy atom. The fraction of sp³-hybridized carbons (Fsp3) is 1.00. The molecule has 0 amide bonds. The highest BCUT2D eigenvalue weighted by Crippen LogP contribution is 2.27. The lowest BCUT2D eigenvalue weighted by atomic mass is 9.81. The van der Waals surface area contributed by atoms with E-state index in [1.807, 2.05) is 0 Å². The molecule has 0 saturated heterocycles. The summed E-state index contributed by atoms with van der Waals surface area (Å²) in [7, 11) is 4.30. The van der Waals surface area contributed by atoms with Crippen molar-refractivity contribution in [1.82, 2.24) is 4.90 Å². The summed E-state index contributed by atoms with van der Waals surface area (Å²) >= 11 is 0. The zero-order valence-electron chi connectivity index (χ0n) is 10.1. The molecule has 0 aromatic carbocycles. The highest BCUT2D eigenvalue weighted by Gasteiger charge is 2.27. The number of rotatable bonds is 4. The van der Waals surface area contributed by atoms with Crippen LogP contribution in [0.4, 0.5) is 0 Å². The lowest BCUT2D eigenvalue weighted by molar-refractivity contribution is 0.127. The largest absolute Gasteiger partial charge is 0.330 e. The average Bonchev–Trinajstić information content (AvgIpc) is 1.96. The van der Waals surface area contributed by atoms with Crippen molar-refractivity contribution < 1.29 is 0 Å². The van der Waals surface area contributed by atoms with Gasteiger partial charge in [-0.3, -0.25) is 0 Å². The molecule has 2 nitrogen and oxygen atoms in total. The summed E-state index contributed by atoms with van der Waals surface area (Å²) in [5, 5.41) is 0. The van der Waals surface area contributed by atoms with Gasteiger partial charge in [0.15, 0.2) is 0 Å². The first-order valence-electron chi connectivity index (χ1n) is 5.15. The summed E-state index contributed by atoms with van der Waals surface area (Å²) in [6.07, 6.45) is 1.19. The van der Waals surface area contributed by atoms with Crippen molar-refractivity contribution in [1.29, 1.82) is 0 Å². The molecule has 2 N–H and O–H groups in total. The van der Waals surface area contributed by atoms with Crippen molar-refractivity contribution >= 4 is 0 Å². The molecule has 0 fully saturated rings. The van der Waals surface area contributed by atoms with Gasteiger partial charge in [0.1, 0.15) is 0 Å². The highest BCUT2D eigenvalue weighted by atomic mass is 15.1. The second kappa shape index (κ2) is 4.97. The van der Waals surface area contributed by atoms with Crippen LogP contribution in [0.3, 0.4) is 0 Å². The first-order valence-corrected chi connectivity index (χ1v) is 5.15. The Balaban J connectivity index is 4.28. The average molecular weight is 186 g/mol. The summed E-state index contributed by atoms with van der Waals surface area (Å²) in [4.78, 5) is 2.31. The molecule has 0 bridgehead atoms. The zero-order valence-corrected chi connectivity index (χ0v) is 10.1. The molecule has 2 atom stereocenters. The maximum Gasteiger partial charge on any atom is 0.0141 e. The van der Waals surface area contributed by atoms with Gasteiger partial charge in [-0.25, -0.2) is 0 Å². The fourth-order valence-corrected chi connectivity index (χ4v) is 1.82. The molecule has 0 aliphatic heterocycles. The SMILES string of the molecule is CC(CN)CC(N(C)C)C(C)(C)C. The normalized spacial score (nSPS) is 17.5. The van der Waals surface area contributed by atoms with Gasteiger partial charge in [-0.15, -0.1) is 0 Å². The lowest BCUT2D eigenvalue weighted by Gasteiger charge is -2.37. The molecule has 0 aromatic heterocycles. The second-order valence-electron chi connectivity index (χ2n) is 5.42. The molecule has 2 heteroatoms. The molecule has 0 aliphatic carbocycles. The molecule has 0 saturated carbocycles. The van der Waals surface area contributed by atoms with Crippen LogP contribution in [-0.4, -0.2) is 31.6 Å². The zero-order chi connectivity index (χ0) is 10.6. The molecular weight excluding hydrogens is 160 g/mol. The lowest BCUT2D eigenvalue weighted by Crippen LogP contribution is -2.41. The van der Waals surface area contributed by atoms with E-state index in [0.29, 0.717) is 17.4 Å². The molecule has 0 aliphatic rings. The minimum Gasteiger partial charge on any atom is -0.330 e. The number of nitrogens with zero attached hydrogens (tertiary/aromatic N) is 1. The summed E-state index contributed by atoms with van der Waals surface area (Å²) in [5.41, 5.74) is 5.99.